The average Bonchev–Trinajstić information content (AvgIpc) is 2.30. The van der Waals surface area contributed by atoms with E-state index in [4.69, 9.17) is 0 Å². The van der Waals surface area contributed by atoms with Gasteiger partial charge in [0.1, 0.15) is 0 Å². The highest BCUT2D eigenvalue weighted by Crippen LogP contribution is 2.24. The molecule has 18 heavy (non-hydrogen) atoms. The zero-order valence-corrected chi connectivity index (χ0v) is 12.0. The monoisotopic (exact) mass is 246 g/mol. The van der Waals surface area contributed by atoms with E-state index in [0.29, 0.717) is 0 Å². The highest BCUT2D eigenvalue weighted by atomic mass is 15.3. The second-order valence-corrected chi connectivity index (χ2v) is 5.43. The van der Waals surface area contributed by atoms with Crippen molar-refractivity contribution in [1.29, 1.82) is 0 Å². The lowest BCUT2D eigenvalue weighted by atomic mass is 10.0. The van der Waals surface area contributed by atoms with Gasteiger partial charge < -0.3 is 4.90 Å². The summed E-state index contributed by atoms with van der Waals surface area (Å²) in [6, 6.07) is 9.67. The van der Waals surface area contributed by atoms with Crippen LogP contribution >= 0.6 is 0 Å². The summed E-state index contributed by atoms with van der Waals surface area (Å²) in [5.74, 6) is 0. The van der Waals surface area contributed by atoms with Gasteiger partial charge in [-0.2, -0.15) is 0 Å². The fraction of sp³-hybridized carbons (Fsp3) is 0.625. The maximum Gasteiger partial charge on any atom is 0.0446 e. The first-order valence-corrected chi connectivity index (χ1v) is 7.30. The van der Waals surface area contributed by atoms with Gasteiger partial charge in [0.15, 0.2) is 0 Å². The summed E-state index contributed by atoms with van der Waals surface area (Å²) < 4.78 is 0. The van der Waals surface area contributed by atoms with Gasteiger partial charge >= 0.3 is 0 Å². The highest BCUT2D eigenvalue weighted by Gasteiger charge is 2.30. The van der Waals surface area contributed by atoms with Crippen molar-refractivity contribution >= 4 is 5.69 Å². The molecule has 2 heteroatoms. The minimum atomic E-state index is 0.770. The second kappa shape index (κ2) is 6.24. The van der Waals surface area contributed by atoms with Crippen LogP contribution in [0.3, 0.4) is 0 Å². The summed E-state index contributed by atoms with van der Waals surface area (Å²) in [5.41, 5.74) is 2.72. The molecule has 0 aliphatic carbocycles. The normalized spacial score (nSPS) is 16.1. The Morgan fingerprint density at radius 2 is 1.61 bits per heavy atom. The van der Waals surface area contributed by atoms with E-state index in [1.54, 1.807) is 0 Å². The Bertz CT molecular complexity index is 346. The third-order valence-corrected chi connectivity index (χ3v) is 3.80. The Morgan fingerprint density at radius 3 is 2.11 bits per heavy atom. The molecule has 0 atom stereocenters. The molecule has 0 spiro atoms. The molecule has 1 aromatic carbocycles. The molecule has 1 saturated heterocycles. The summed E-state index contributed by atoms with van der Waals surface area (Å²) in [6.45, 7) is 11.6. The Kier molecular flexibility index (Phi) is 4.65. The molecule has 1 heterocycles. The summed E-state index contributed by atoms with van der Waals surface area (Å²) in [6.07, 6.45) is 2.53. The zero-order valence-electron chi connectivity index (χ0n) is 12.0. The van der Waals surface area contributed by atoms with Crippen LogP contribution in [0.4, 0.5) is 5.69 Å². The first-order chi connectivity index (χ1) is 8.74. The summed E-state index contributed by atoms with van der Waals surface area (Å²) in [5, 5.41) is 0. The van der Waals surface area contributed by atoms with Gasteiger partial charge in [-0.1, -0.05) is 31.5 Å². The van der Waals surface area contributed by atoms with Crippen LogP contribution in [0.5, 0.6) is 0 Å². The van der Waals surface area contributed by atoms with Crippen LogP contribution < -0.4 is 4.90 Å². The summed E-state index contributed by atoms with van der Waals surface area (Å²) >= 11 is 0. The maximum atomic E-state index is 2.66. The van der Waals surface area contributed by atoms with E-state index < -0.39 is 0 Å². The molecule has 0 amide bonds. The Labute approximate surface area is 112 Å². The maximum absolute atomic E-state index is 2.66. The topological polar surface area (TPSA) is 6.48 Å². The van der Waals surface area contributed by atoms with E-state index >= 15 is 0 Å². The third-order valence-electron chi connectivity index (χ3n) is 3.80. The van der Waals surface area contributed by atoms with E-state index in [2.05, 4.69) is 54.8 Å². The highest BCUT2D eigenvalue weighted by molar-refractivity contribution is 5.50. The van der Waals surface area contributed by atoms with Crippen molar-refractivity contribution in [3.05, 3.63) is 29.8 Å². The smallest absolute Gasteiger partial charge is 0.0446 e. The molecule has 1 aliphatic rings. The van der Waals surface area contributed by atoms with Gasteiger partial charge in [0.25, 0.3) is 0 Å². The first kappa shape index (κ1) is 13.4. The molecule has 0 aromatic heterocycles. The van der Waals surface area contributed by atoms with Crippen molar-refractivity contribution in [1.82, 2.24) is 4.90 Å². The van der Waals surface area contributed by atoms with Crippen molar-refractivity contribution in [2.45, 2.75) is 39.7 Å². The van der Waals surface area contributed by atoms with E-state index in [9.17, 15) is 0 Å². The molecule has 1 aromatic rings. The van der Waals surface area contributed by atoms with E-state index in [0.717, 1.165) is 6.04 Å². The van der Waals surface area contributed by atoms with Gasteiger partial charge in [-0.3, -0.25) is 4.90 Å². The van der Waals surface area contributed by atoms with Crippen molar-refractivity contribution in [2.24, 2.45) is 0 Å². The molecule has 0 saturated carbocycles. The third kappa shape index (κ3) is 3.05. The van der Waals surface area contributed by atoms with Crippen LogP contribution in [-0.2, 0) is 0 Å². The summed E-state index contributed by atoms with van der Waals surface area (Å²) in [4.78, 5) is 5.15. The number of rotatable bonds is 6. The molecule has 0 N–H and O–H groups in total. The van der Waals surface area contributed by atoms with E-state index in [1.165, 1.54) is 50.3 Å². The van der Waals surface area contributed by atoms with Gasteiger partial charge in [-0.05, 0) is 45.0 Å². The largest absolute Gasteiger partial charge is 0.368 e. The molecular formula is C16H26N2. The van der Waals surface area contributed by atoms with Crippen molar-refractivity contribution < 1.29 is 0 Å². The van der Waals surface area contributed by atoms with Crippen LogP contribution in [-0.4, -0.2) is 37.1 Å². The van der Waals surface area contributed by atoms with Crippen molar-refractivity contribution in [3.8, 4) is 0 Å². The number of hydrogen-bond acceptors (Lipinski definition) is 2. The Hall–Kier alpha value is -1.02. The number of benzene rings is 1. The van der Waals surface area contributed by atoms with Crippen LogP contribution in [0.25, 0.3) is 0 Å². The number of hydrogen-bond donors (Lipinski definition) is 0. The molecule has 1 fully saturated rings. The predicted octanol–water partition coefficient (Wildman–Crippen LogP) is 3.31. The molecule has 2 rings (SSSR count). The summed E-state index contributed by atoms with van der Waals surface area (Å²) in [7, 11) is 0. The minimum absolute atomic E-state index is 0.770. The van der Waals surface area contributed by atoms with Gasteiger partial charge in [-0.15, -0.1) is 0 Å². The zero-order chi connectivity index (χ0) is 13.0. The fourth-order valence-corrected chi connectivity index (χ4v) is 2.70. The molecule has 100 valence electrons. The fourth-order valence-electron chi connectivity index (χ4n) is 2.70. The number of anilines is 1. The van der Waals surface area contributed by atoms with Gasteiger partial charge in [-0.25, -0.2) is 0 Å². The second-order valence-electron chi connectivity index (χ2n) is 5.43. The quantitative estimate of drug-likeness (QED) is 0.760. The minimum Gasteiger partial charge on any atom is -0.368 e. The lowest BCUT2D eigenvalue weighted by molar-refractivity contribution is 0.166. The SMILES string of the molecule is CCCN(CCC)C1CN(c2ccc(C)cc2)C1. The van der Waals surface area contributed by atoms with Crippen molar-refractivity contribution in [3.63, 3.8) is 0 Å². The van der Waals surface area contributed by atoms with E-state index in [1.807, 2.05) is 0 Å². The molecule has 0 unspecified atom stereocenters. The predicted molar refractivity (Wildman–Crippen MR) is 79.3 cm³/mol. The van der Waals surface area contributed by atoms with Crippen LogP contribution in [0.2, 0.25) is 0 Å². The van der Waals surface area contributed by atoms with Gasteiger partial charge in [0.2, 0.25) is 0 Å². The molecular weight excluding hydrogens is 220 g/mol. The van der Waals surface area contributed by atoms with Crippen LogP contribution in [0, 0.1) is 6.92 Å². The van der Waals surface area contributed by atoms with Gasteiger partial charge in [0.05, 0.1) is 0 Å². The standard InChI is InChI=1S/C16H26N2/c1-4-10-17(11-5-2)16-12-18(13-16)15-8-6-14(3)7-9-15/h6-9,16H,4-5,10-13H2,1-3H3. The van der Waals surface area contributed by atoms with E-state index in [-0.39, 0.29) is 0 Å². The molecule has 0 bridgehead atoms. The lowest BCUT2D eigenvalue weighted by Crippen LogP contribution is -2.59. The number of aryl methyl sites for hydroxylation is 1. The first-order valence-electron chi connectivity index (χ1n) is 7.30. The Balaban J connectivity index is 1.86. The molecule has 2 nitrogen and oxygen atoms in total. The molecule has 1 aliphatic heterocycles. The van der Waals surface area contributed by atoms with Crippen LogP contribution in [0.1, 0.15) is 32.3 Å². The van der Waals surface area contributed by atoms with Crippen molar-refractivity contribution in [2.75, 3.05) is 31.1 Å². The lowest BCUT2D eigenvalue weighted by Gasteiger charge is -2.46. The number of nitrogens with zero attached hydrogens (tertiary/aromatic N) is 2. The van der Waals surface area contributed by atoms with Crippen LogP contribution in [0.15, 0.2) is 24.3 Å². The average molecular weight is 246 g/mol. The van der Waals surface area contributed by atoms with Gasteiger partial charge in [0, 0.05) is 24.8 Å². The molecule has 0 radical (unpaired) electrons. The Morgan fingerprint density at radius 1 is 1.06 bits per heavy atom.